The van der Waals surface area contributed by atoms with Crippen LogP contribution >= 0.6 is 11.6 Å². The molecule has 2 heteroatoms. The molecule has 0 aliphatic carbocycles. The van der Waals surface area contributed by atoms with Gasteiger partial charge in [0.1, 0.15) is 0 Å². The lowest BCUT2D eigenvalue weighted by Crippen LogP contribution is -2.28. The van der Waals surface area contributed by atoms with E-state index in [2.05, 4.69) is 25.8 Å². The minimum atomic E-state index is 0.246. The zero-order chi connectivity index (χ0) is 16.5. The molecule has 0 N–H and O–H groups in total. The molecule has 0 aliphatic heterocycles. The lowest BCUT2D eigenvalue weighted by molar-refractivity contribution is 0.283. The highest BCUT2D eigenvalue weighted by molar-refractivity contribution is 6.20. The monoisotopic (exact) mass is 331 g/mol. The maximum Gasteiger partial charge on any atom is 0.0847 e. The third-order valence-electron chi connectivity index (χ3n) is 4.64. The van der Waals surface area contributed by atoms with Gasteiger partial charge in [-0.2, -0.15) is 0 Å². The molecule has 0 saturated carbocycles. The van der Waals surface area contributed by atoms with Gasteiger partial charge in [-0.15, -0.1) is 11.6 Å². The van der Waals surface area contributed by atoms with E-state index in [0.717, 1.165) is 6.42 Å². The number of nitrogens with zero attached hydrogens (tertiary/aromatic N) is 1. The fourth-order valence-corrected chi connectivity index (χ4v) is 3.20. The zero-order valence-electron chi connectivity index (χ0n) is 15.7. The summed E-state index contributed by atoms with van der Waals surface area (Å²) >= 11 is 6.49. The number of alkyl halides is 1. The standard InChI is InChI=1S/C20H42ClN/c1-4-6-8-10-12-13-15-17-19-22(3)20(21)18-16-14-11-9-7-5-2/h20H,4-19H2,1-3H3. The summed E-state index contributed by atoms with van der Waals surface area (Å²) in [5.41, 5.74) is 0.246. The van der Waals surface area contributed by atoms with Crippen LogP contribution in [0.4, 0.5) is 0 Å². The maximum atomic E-state index is 6.49. The molecule has 0 radical (unpaired) electrons. The van der Waals surface area contributed by atoms with Crippen molar-refractivity contribution in [2.24, 2.45) is 0 Å². The van der Waals surface area contributed by atoms with E-state index < -0.39 is 0 Å². The van der Waals surface area contributed by atoms with E-state index in [1.165, 1.54) is 96.4 Å². The minimum Gasteiger partial charge on any atom is -0.291 e. The van der Waals surface area contributed by atoms with Gasteiger partial charge in [-0.05, 0) is 26.4 Å². The number of rotatable bonds is 17. The molecule has 0 rings (SSSR count). The van der Waals surface area contributed by atoms with Crippen molar-refractivity contribution in [2.45, 2.75) is 116 Å². The second-order valence-corrected chi connectivity index (χ2v) is 7.45. The highest BCUT2D eigenvalue weighted by atomic mass is 35.5. The zero-order valence-corrected chi connectivity index (χ0v) is 16.5. The van der Waals surface area contributed by atoms with Crippen LogP contribution in [0.25, 0.3) is 0 Å². The molecule has 0 aliphatic rings. The number of hydrogen-bond acceptors (Lipinski definition) is 1. The van der Waals surface area contributed by atoms with Crippen LogP contribution in [0.2, 0.25) is 0 Å². The molecule has 0 amide bonds. The summed E-state index contributed by atoms with van der Waals surface area (Å²) in [6.07, 6.45) is 20.4. The maximum absolute atomic E-state index is 6.49. The van der Waals surface area contributed by atoms with Crippen molar-refractivity contribution in [3.8, 4) is 0 Å². The van der Waals surface area contributed by atoms with Gasteiger partial charge in [-0.3, -0.25) is 4.90 Å². The van der Waals surface area contributed by atoms with Crippen LogP contribution in [0.15, 0.2) is 0 Å². The van der Waals surface area contributed by atoms with Gasteiger partial charge in [0, 0.05) is 0 Å². The van der Waals surface area contributed by atoms with Crippen LogP contribution in [-0.4, -0.2) is 24.0 Å². The highest BCUT2D eigenvalue weighted by Crippen LogP contribution is 2.15. The molecular weight excluding hydrogens is 290 g/mol. The molecule has 1 unspecified atom stereocenters. The number of unbranched alkanes of at least 4 members (excludes halogenated alkanes) is 12. The Morgan fingerprint density at radius 1 is 0.636 bits per heavy atom. The lowest BCUT2D eigenvalue weighted by Gasteiger charge is -2.22. The third kappa shape index (κ3) is 15.2. The predicted octanol–water partition coefficient (Wildman–Crippen LogP) is 7.37. The van der Waals surface area contributed by atoms with Crippen LogP contribution in [0.3, 0.4) is 0 Å². The first-order chi connectivity index (χ1) is 10.7. The summed E-state index contributed by atoms with van der Waals surface area (Å²) < 4.78 is 0. The van der Waals surface area contributed by atoms with E-state index >= 15 is 0 Å². The van der Waals surface area contributed by atoms with E-state index in [9.17, 15) is 0 Å². The first-order valence-electron chi connectivity index (χ1n) is 10.1. The first-order valence-corrected chi connectivity index (χ1v) is 10.5. The van der Waals surface area contributed by atoms with Crippen LogP contribution < -0.4 is 0 Å². The van der Waals surface area contributed by atoms with Gasteiger partial charge in [-0.1, -0.05) is 97.3 Å². The summed E-state index contributed by atoms with van der Waals surface area (Å²) in [6, 6.07) is 0. The Bertz CT molecular complexity index is 208. The SMILES string of the molecule is CCCCCCCCCCN(C)C(Cl)CCCCCCCC. The van der Waals surface area contributed by atoms with Gasteiger partial charge >= 0.3 is 0 Å². The van der Waals surface area contributed by atoms with Crippen molar-refractivity contribution in [3.05, 3.63) is 0 Å². The Morgan fingerprint density at radius 3 is 1.55 bits per heavy atom. The molecule has 0 saturated heterocycles. The third-order valence-corrected chi connectivity index (χ3v) is 5.19. The van der Waals surface area contributed by atoms with Crippen molar-refractivity contribution >= 4 is 11.6 Å². The van der Waals surface area contributed by atoms with Crippen molar-refractivity contribution in [3.63, 3.8) is 0 Å². The minimum absolute atomic E-state index is 0.246. The normalized spacial score (nSPS) is 13.0. The van der Waals surface area contributed by atoms with E-state index in [1.807, 2.05) is 0 Å². The summed E-state index contributed by atoms with van der Waals surface area (Å²) in [5.74, 6) is 0. The molecule has 134 valence electrons. The van der Waals surface area contributed by atoms with Gasteiger partial charge < -0.3 is 0 Å². The van der Waals surface area contributed by atoms with Gasteiger partial charge in [0.2, 0.25) is 0 Å². The van der Waals surface area contributed by atoms with Crippen LogP contribution in [0.1, 0.15) is 110 Å². The lowest BCUT2D eigenvalue weighted by atomic mass is 10.1. The summed E-state index contributed by atoms with van der Waals surface area (Å²) in [7, 11) is 2.19. The van der Waals surface area contributed by atoms with Crippen LogP contribution in [0.5, 0.6) is 0 Å². The number of halogens is 1. The Balaban J connectivity index is 3.33. The molecule has 0 spiro atoms. The molecular formula is C20H42ClN. The first kappa shape index (κ1) is 22.2. The fourth-order valence-electron chi connectivity index (χ4n) is 2.95. The molecule has 1 atom stereocenters. The second-order valence-electron chi connectivity index (χ2n) is 6.95. The largest absolute Gasteiger partial charge is 0.291 e. The van der Waals surface area contributed by atoms with Crippen LogP contribution in [-0.2, 0) is 0 Å². The van der Waals surface area contributed by atoms with E-state index in [4.69, 9.17) is 11.6 Å². The Labute approximate surface area is 146 Å². The summed E-state index contributed by atoms with van der Waals surface area (Å²) in [4.78, 5) is 2.35. The quantitative estimate of drug-likeness (QED) is 0.153. The van der Waals surface area contributed by atoms with Gasteiger partial charge in [0.05, 0.1) is 5.50 Å². The smallest absolute Gasteiger partial charge is 0.0847 e. The molecule has 0 aromatic rings. The molecule has 0 heterocycles. The van der Waals surface area contributed by atoms with Crippen LogP contribution in [0, 0.1) is 0 Å². The average molecular weight is 332 g/mol. The van der Waals surface area contributed by atoms with E-state index in [1.54, 1.807) is 0 Å². The molecule has 0 aromatic heterocycles. The predicted molar refractivity (Wildman–Crippen MR) is 103 cm³/mol. The number of hydrogen-bond donors (Lipinski definition) is 0. The molecule has 0 bridgehead atoms. The van der Waals surface area contributed by atoms with Crippen molar-refractivity contribution in [1.82, 2.24) is 4.90 Å². The van der Waals surface area contributed by atoms with Crippen molar-refractivity contribution in [1.29, 1.82) is 0 Å². The Hall–Kier alpha value is 0.250. The van der Waals surface area contributed by atoms with Gasteiger partial charge in [-0.25, -0.2) is 0 Å². The Morgan fingerprint density at radius 2 is 1.05 bits per heavy atom. The highest BCUT2D eigenvalue weighted by Gasteiger charge is 2.10. The average Bonchev–Trinajstić information content (AvgIpc) is 2.52. The van der Waals surface area contributed by atoms with Gasteiger partial charge in [0.25, 0.3) is 0 Å². The molecule has 0 aromatic carbocycles. The van der Waals surface area contributed by atoms with Crippen molar-refractivity contribution < 1.29 is 0 Å². The topological polar surface area (TPSA) is 3.24 Å². The van der Waals surface area contributed by atoms with E-state index in [-0.39, 0.29) is 5.50 Å². The molecule has 0 fully saturated rings. The van der Waals surface area contributed by atoms with Crippen molar-refractivity contribution in [2.75, 3.05) is 13.6 Å². The molecule has 1 nitrogen and oxygen atoms in total. The fraction of sp³-hybridized carbons (Fsp3) is 1.00. The summed E-state index contributed by atoms with van der Waals surface area (Å²) in [6.45, 7) is 5.72. The summed E-state index contributed by atoms with van der Waals surface area (Å²) in [5, 5.41) is 0. The second kappa shape index (κ2) is 17.6. The molecule has 22 heavy (non-hydrogen) atoms. The van der Waals surface area contributed by atoms with E-state index in [0.29, 0.717) is 0 Å². The Kier molecular flexibility index (Phi) is 17.8. The van der Waals surface area contributed by atoms with Gasteiger partial charge in [0.15, 0.2) is 0 Å².